The molecule has 0 spiro atoms. The van der Waals surface area contributed by atoms with Crippen LogP contribution in [0.1, 0.15) is 47.5 Å². The molecular weight excluding hydrogens is 324 g/mol. The summed E-state index contributed by atoms with van der Waals surface area (Å²) >= 11 is 0. The topological polar surface area (TPSA) is 59.3 Å². The second-order valence-corrected chi connectivity index (χ2v) is 6.93. The van der Waals surface area contributed by atoms with Crippen LogP contribution in [0.4, 0.5) is 0 Å². The zero-order valence-corrected chi connectivity index (χ0v) is 15.9. The van der Waals surface area contributed by atoms with Crippen LogP contribution in [0.2, 0.25) is 0 Å². The van der Waals surface area contributed by atoms with Crippen molar-refractivity contribution in [3.63, 3.8) is 0 Å². The largest absolute Gasteiger partial charge is 0.355 e. The third-order valence-corrected chi connectivity index (χ3v) is 4.86. The number of nitrogens with one attached hydrogen (secondary N) is 1. The van der Waals surface area contributed by atoms with Gasteiger partial charge in [0.25, 0.3) is 0 Å². The molecule has 0 fully saturated rings. The lowest BCUT2D eigenvalue weighted by Crippen LogP contribution is -2.27. The van der Waals surface area contributed by atoms with Gasteiger partial charge in [0.15, 0.2) is 5.65 Å². The molecule has 5 nitrogen and oxygen atoms in total. The fourth-order valence-corrected chi connectivity index (χ4v) is 3.30. The Balaban J connectivity index is 1.60. The van der Waals surface area contributed by atoms with Gasteiger partial charge in [-0.1, -0.05) is 37.3 Å². The molecule has 0 aliphatic heterocycles. The molecular formula is C21H26N4O. The number of benzene rings is 1. The molecule has 3 rings (SSSR count). The lowest BCUT2D eigenvalue weighted by Gasteiger charge is -2.14. The molecule has 0 unspecified atom stereocenters. The van der Waals surface area contributed by atoms with E-state index in [0.29, 0.717) is 25.3 Å². The summed E-state index contributed by atoms with van der Waals surface area (Å²) in [5.74, 6) is 0.372. The van der Waals surface area contributed by atoms with Crippen molar-refractivity contribution in [2.45, 2.75) is 46.5 Å². The van der Waals surface area contributed by atoms with E-state index in [0.717, 1.165) is 28.3 Å². The lowest BCUT2D eigenvalue weighted by atomic mass is 10.0. The van der Waals surface area contributed by atoms with Crippen molar-refractivity contribution >= 4 is 11.6 Å². The first-order valence-electron chi connectivity index (χ1n) is 9.10. The van der Waals surface area contributed by atoms with Gasteiger partial charge in [0.05, 0.1) is 5.69 Å². The van der Waals surface area contributed by atoms with Crippen molar-refractivity contribution in [2.24, 2.45) is 0 Å². The van der Waals surface area contributed by atoms with Crippen LogP contribution in [0.5, 0.6) is 0 Å². The Bertz CT molecular complexity index is 915. The highest BCUT2D eigenvalue weighted by molar-refractivity contribution is 5.76. The van der Waals surface area contributed by atoms with Gasteiger partial charge in [-0.15, -0.1) is 0 Å². The Hall–Kier alpha value is -2.69. The Morgan fingerprint density at radius 1 is 1.19 bits per heavy atom. The molecule has 0 saturated heterocycles. The van der Waals surface area contributed by atoms with Crippen LogP contribution in [0.25, 0.3) is 5.65 Å². The first-order valence-corrected chi connectivity index (χ1v) is 9.10. The Morgan fingerprint density at radius 2 is 1.92 bits per heavy atom. The van der Waals surface area contributed by atoms with Gasteiger partial charge in [0, 0.05) is 30.4 Å². The second kappa shape index (κ2) is 7.68. The molecule has 136 valence electrons. The van der Waals surface area contributed by atoms with Crippen LogP contribution in [-0.2, 0) is 11.2 Å². The van der Waals surface area contributed by atoms with Gasteiger partial charge in [-0.3, -0.25) is 4.79 Å². The summed E-state index contributed by atoms with van der Waals surface area (Å²) in [4.78, 5) is 16.9. The monoisotopic (exact) mass is 350 g/mol. The van der Waals surface area contributed by atoms with E-state index in [-0.39, 0.29) is 5.91 Å². The van der Waals surface area contributed by atoms with Gasteiger partial charge in [0.1, 0.15) is 0 Å². The molecule has 26 heavy (non-hydrogen) atoms. The Kier molecular flexibility index (Phi) is 5.35. The molecule has 0 radical (unpaired) electrons. The zero-order valence-electron chi connectivity index (χ0n) is 15.9. The smallest absolute Gasteiger partial charge is 0.220 e. The summed E-state index contributed by atoms with van der Waals surface area (Å²) in [6.45, 7) is 8.78. The number of rotatable bonds is 6. The zero-order chi connectivity index (χ0) is 18.7. The highest BCUT2D eigenvalue weighted by Gasteiger charge is 2.13. The molecule has 0 aliphatic carbocycles. The van der Waals surface area contributed by atoms with Crippen molar-refractivity contribution in [2.75, 3.05) is 6.54 Å². The van der Waals surface area contributed by atoms with E-state index in [1.54, 1.807) is 0 Å². The van der Waals surface area contributed by atoms with Crippen molar-refractivity contribution in [3.05, 3.63) is 64.6 Å². The molecule has 3 aromatic rings. The van der Waals surface area contributed by atoms with E-state index in [2.05, 4.69) is 34.5 Å². The Labute approximate surface area is 154 Å². The maximum absolute atomic E-state index is 12.3. The van der Waals surface area contributed by atoms with Crippen molar-refractivity contribution in [1.82, 2.24) is 19.9 Å². The number of carbonyl (C=O) groups excluding carboxylic acids is 1. The molecule has 0 saturated carbocycles. The highest BCUT2D eigenvalue weighted by atomic mass is 16.1. The summed E-state index contributed by atoms with van der Waals surface area (Å²) in [5, 5.41) is 7.54. The molecule has 0 bridgehead atoms. The number of carbonyl (C=O) groups is 1. The number of amides is 1. The van der Waals surface area contributed by atoms with Crippen LogP contribution in [0, 0.1) is 20.8 Å². The molecule has 1 N–H and O–H groups in total. The van der Waals surface area contributed by atoms with Crippen LogP contribution in [-0.4, -0.2) is 27.0 Å². The minimum Gasteiger partial charge on any atom is -0.355 e. The van der Waals surface area contributed by atoms with Crippen molar-refractivity contribution < 1.29 is 4.79 Å². The Morgan fingerprint density at radius 3 is 2.65 bits per heavy atom. The number of hydrogen-bond donors (Lipinski definition) is 1. The lowest BCUT2D eigenvalue weighted by molar-refractivity contribution is -0.121. The maximum Gasteiger partial charge on any atom is 0.220 e. The average molecular weight is 350 g/mol. The normalized spacial score (nSPS) is 12.3. The number of aromatic nitrogens is 3. The number of nitrogens with zero attached hydrogens (tertiary/aromatic N) is 3. The minimum atomic E-state index is 0.0725. The van der Waals surface area contributed by atoms with Gasteiger partial charge in [-0.25, -0.2) is 9.50 Å². The van der Waals surface area contributed by atoms with Crippen LogP contribution in [0.15, 0.2) is 36.4 Å². The van der Waals surface area contributed by atoms with Gasteiger partial charge in [0.2, 0.25) is 5.91 Å². The van der Waals surface area contributed by atoms with Crippen molar-refractivity contribution in [1.29, 1.82) is 0 Å². The quantitative estimate of drug-likeness (QED) is 0.740. The molecule has 0 aliphatic rings. The van der Waals surface area contributed by atoms with Gasteiger partial charge >= 0.3 is 0 Å². The van der Waals surface area contributed by atoms with E-state index in [4.69, 9.17) is 0 Å². The summed E-state index contributed by atoms with van der Waals surface area (Å²) in [5.41, 5.74) is 6.19. The number of aryl methyl sites for hydroxylation is 3. The van der Waals surface area contributed by atoms with Crippen LogP contribution in [0.3, 0.4) is 0 Å². The third-order valence-electron chi connectivity index (χ3n) is 4.86. The molecule has 1 aromatic carbocycles. The van der Waals surface area contributed by atoms with Gasteiger partial charge in [-0.2, -0.15) is 5.10 Å². The number of fused-ring (bicyclic) bond motifs is 1. The van der Waals surface area contributed by atoms with E-state index in [1.807, 2.05) is 49.6 Å². The number of hydrogen-bond acceptors (Lipinski definition) is 3. The van der Waals surface area contributed by atoms with E-state index in [1.165, 1.54) is 5.56 Å². The molecule has 2 heterocycles. The average Bonchev–Trinajstić information content (AvgIpc) is 3.00. The molecule has 1 amide bonds. The summed E-state index contributed by atoms with van der Waals surface area (Å²) in [6, 6.07) is 12.2. The fraction of sp³-hybridized carbons (Fsp3) is 0.381. The predicted molar refractivity (Wildman–Crippen MR) is 103 cm³/mol. The molecule has 2 aromatic heterocycles. The second-order valence-electron chi connectivity index (χ2n) is 6.93. The minimum absolute atomic E-state index is 0.0725. The van der Waals surface area contributed by atoms with Crippen LogP contribution >= 0.6 is 0 Å². The highest BCUT2D eigenvalue weighted by Crippen LogP contribution is 2.17. The van der Waals surface area contributed by atoms with E-state index < -0.39 is 0 Å². The SMILES string of the molecule is Cc1cc2nc(C)c(CCC(=O)NC[C@H](C)c3ccccc3)c(C)n2n1. The van der Waals surface area contributed by atoms with Gasteiger partial charge < -0.3 is 5.32 Å². The predicted octanol–water partition coefficient (Wildman–Crippen LogP) is 3.51. The van der Waals surface area contributed by atoms with Crippen LogP contribution < -0.4 is 5.32 Å². The third kappa shape index (κ3) is 3.93. The van der Waals surface area contributed by atoms with Crippen molar-refractivity contribution in [3.8, 4) is 0 Å². The summed E-state index contributed by atoms with van der Waals surface area (Å²) in [7, 11) is 0. The van der Waals surface area contributed by atoms with Gasteiger partial charge in [-0.05, 0) is 44.2 Å². The van der Waals surface area contributed by atoms with E-state index >= 15 is 0 Å². The molecule has 1 atom stereocenters. The first kappa shape index (κ1) is 18.1. The summed E-state index contributed by atoms with van der Waals surface area (Å²) in [6.07, 6.45) is 1.13. The molecule has 5 heteroatoms. The first-order chi connectivity index (χ1) is 12.5. The maximum atomic E-state index is 12.3. The van der Waals surface area contributed by atoms with E-state index in [9.17, 15) is 4.79 Å². The standard InChI is InChI=1S/C21H26N4O/c1-14(18-8-6-5-7-9-18)13-22-21(26)11-10-19-16(3)23-20-12-15(2)24-25(20)17(19)4/h5-9,12,14H,10-11,13H2,1-4H3,(H,22,26)/t14-/m0/s1. The fourth-order valence-electron chi connectivity index (χ4n) is 3.30. The summed E-state index contributed by atoms with van der Waals surface area (Å²) < 4.78 is 1.87.